The maximum atomic E-state index is 5.56. The maximum Gasteiger partial charge on any atom is 0.230 e. The molecule has 2 heterocycles. The second-order valence-corrected chi connectivity index (χ2v) is 5.39. The lowest BCUT2D eigenvalue weighted by Crippen LogP contribution is -2.26. The van der Waals surface area contributed by atoms with Crippen molar-refractivity contribution in [3.8, 4) is 17.1 Å². The Morgan fingerprint density at radius 3 is 2.86 bits per heavy atom. The molecule has 5 heteroatoms. The highest BCUT2D eigenvalue weighted by Crippen LogP contribution is 2.28. The van der Waals surface area contributed by atoms with E-state index in [9.17, 15) is 0 Å². The van der Waals surface area contributed by atoms with Gasteiger partial charge in [0.1, 0.15) is 5.75 Å². The third kappa shape index (κ3) is 3.08. The first-order valence-electron chi connectivity index (χ1n) is 7.56. The van der Waals surface area contributed by atoms with Crippen molar-refractivity contribution in [1.82, 2.24) is 15.5 Å². The molecule has 112 valence electrons. The van der Waals surface area contributed by atoms with Gasteiger partial charge >= 0.3 is 0 Å². The van der Waals surface area contributed by atoms with Crippen LogP contribution in [0.5, 0.6) is 5.75 Å². The molecule has 1 aromatic heterocycles. The summed E-state index contributed by atoms with van der Waals surface area (Å²) in [7, 11) is 0. The van der Waals surface area contributed by atoms with Crippen molar-refractivity contribution in [2.45, 2.75) is 32.6 Å². The second kappa shape index (κ2) is 6.26. The summed E-state index contributed by atoms with van der Waals surface area (Å²) in [5.74, 6) is 2.72. The molecule has 0 bridgehead atoms. The Labute approximate surface area is 124 Å². The van der Waals surface area contributed by atoms with Crippen molar-refractivity contribution < 1.29 is 9.26 Å². The molecule has 3 rings (SSSR count). The number of ether oxygens (including phenoxy) is 1. The van der Waals surface area contributed by atoms with E-state index in [2.05, 4.69) is 15.5 Å². The molecule has 2 aromatic rings. The molecule has 1 fully saturated rings. The van der Waals surface area contributed by atoms with Crippen molar-refractivity contribution in [3.63, 3.8) is 0 Å². The summed E-state index contributed by atoms with van der Waals surface area (Å²) in [5.41, 5.74) is 2.06. The molecule has 1 aromatic carbocycles. The first-order valence-corrected chi connectivity index (χ1v) is 7.56. The molecule has 0 unspecified atom stereocenters. The van der Waals surface area contributed by atoms with Crippen LogP contribution in [0.3, 0.4) is 0 Å². The van der Waals surface area contributed by atoms with Crippen LogP contribution in [0.1, 0.15) is 37.1 Å². The van der Waals surface area contributed by atoms with Gasteiger partial charge in [-0.3, -0.25) is 0 Å². The summed E-state index contributed by atoms with van der Waals surface area (Å²) in [5, 5.41) is 7.48. The van der Waals surface area contributed by atoms with Crippen LogP contribution >= 0.6 is 0 Å². The molecule has 0 aliphatic carbocycles. The quantitative estimate of drug-likeness (QED) is 0.937. The van der Waals surface area contributed by atoms with Gasteiger partial charge in [0.25, 0.3) is 0 Å². The van der Waals surface area contributed by atoms with E-state index in [0.29, 0.717) is 18.3 Å². The van der Waals surface area contributed by atoms with Crippen LogP contribution in [0, 0.1) is 6.92 Å². The predicted octanol–water partition coefficient (Wildman–Crippen LogP) is 2.91. The van der Waals surface area contributed by atoms with Gasteiger partial charge in [0.15, 0.2) is 0 Å². The lowest BCUT2D eigenvalue weighted by molar-refractivity contribution is 0.320. The fourth-order valence-electron chi connectivity index (χ4n) is 2.69. The molecular weight excluding hydrogens is 266 g/mol. The van der Waals surface area contributed by atoms with Crippen molar-refractivity contribution in [3.05, 3.63) is 29.7 Å². The number of nitrogens with zero attached hydrogens (tertiary/aromatic N) is 2. The Balaban J connectivity index is 1.80. The van der Waals surface area contributed by atoms with E-state index < -0.39 is 0 Å². The van der Waals surface area contributed by atoms with E-state index in [1.807, 2.05) is 32.0 Å². The van der Waals surface area contributed by atoms with Gasteiger partial charge in [-0.25, -0.2) is 0 Å². The number of aromatic nitrogens is 2. The number of hydrogen-bond donors (Lipinski definition) is 1. The van der Waals surface area contributed by atoms with Crippen LogP contribution in [0.2, 0.25) is 0 Å². The molecule has 0 amide bonds. The highest BCUT2D eigenvalue weighted by atomic mass is 16.5. The van der Waals surface area contributed by atoms with Gasteiger partial charge in [-0.2, -0.15) is 4.98 Å². The third-order valence-corrected chi connectivity index (χ3v) is 3.86. The van der Waals surface area contributed by atoms with Gasteiger partial charge in [0.2, 0.25) is 11.7 Å². The predicted molar refractivity (Wildman–Crippen MR) is 80.5 cm³/mol. The van der Waals surface area contributed by atoms with Gasteiger partial charge in [0.05, 0.1) is 6.61 Å². The average Bonchev–Trinajstić information content (AvgIpc) is 3.00. The van der Waals surface area contributed by atoms with Crippen molar-refractivity contribution in [1.29, 1.82) is 0 Å². The summed E-state index contributed by atoms with van der Waals surface area (Å²) in [6.07, 6.45) is 2.12. The molecule has 0 radical (unpaired) electrons. The fourth-order valence-corrected chi connectivity index (χ4v) is 2.69. The molecule has 1 N–H and O–H groups in total. The summed E-state index contributed by atoms with van der Waals surface area (Å²) >= 11 is 0. The summed E-state index contributed by atoms with van der Waals surface area (Å²) in [6.45, 7) is 6.72. The lowest BCUT2D eigenvalue weighted by Gasteiger charge is -2.18. The largest absolute Gasteiger partial charge is 0.494 e. The molecular formula is C16H21N3O2. The van der Waals surface area contributed by atoms with E-state index in [-0.39, 0.29) is 0 Å². The van der Waals surface area contributed by atoms with E-state index in [1.165, 1.54) is 0 Å². The molecule has 1 aliphatic rings. The summed E-state index contributed by atoms with van der Waals surface area (Å²) in [6, 6.07) is 5.99. The van der Waals surface area contributed by atoms with Crippen molar-refractivity contribution >= 4 is 0 Å². The SMILES string of the molecule is CCOc1ccc(-c2noc(C3CCNCC3)n2)cc1C. The molecule has 5 nitrogen and oxygen atoms in total. The number of nitrogens with one attached hydrogen (secondary N) is 1. The van der Waals surface area contributed by atoms with Crippen LogP contribution in [0.4, 0.5) is 0 Å². The van der Waals surface area contributed by atoms with Gasteiger partial charge < -0.3 is 14.6 Å². The fraction of sp³-hybridized carbons (Fsp3) is 0.500. The van der Waals surface area contributed by atoms with Gasteiger partial charge in [0, 0.05) is 11.5 Å². The molecule has 0 atom stereocenters. The zero-order chi connectivity index (χ0) is 14.7. The number of benzene rings is 1. The normalized spacial score (nSPS) is 16.1. The number of aryl methyl sites for hydroxylation is 1. The van der Waals surface area contributed by atoms with E-state index in [1.54, 1.807) is 0 Å². The Morgan fingerprint density at radius 2 is 2.14 bits per heavy atom. The van der Waals surface area contributed by atoms with Crippen LogP contribution in [-0.2, 0) is 0 Å². The Hall–Kier alpha value is -1.88. The summed E-state index contributed by atoms with van der Waals surface area (Å²) < 4.78 is 11.0. The Bertz CT molecular complexity index is 603. The van der Waals surface area contributed by atoms with Gasteiger partial charge in [-0.05, 0) is 63.5 Å². The number of hydrogen-bond acceptors (Lipinski definition) is 5. The van der Waals surface area contributed by atoms with Crippen LogP contribution in [-0.4, -0.2) is 29.8 Å². The molecule has 0 saturated carbocycles. The van der Waals surface area contributed by atoms with Crippen LogP contribution < -0.4 is 10.1 Å². The minimum absolute atomic E-state index is 0.385. The van der Waals surface area contributed by atoms with E-state index in [4.69, 9.17) is 9.26 Å². The summed E-state index contributed by atoms with van der Waals surface area (Å²) in [4.78, 5) is 4.57. The standard InChI is InChI=1S/C16H21N3O2/c1-3-20-14-5-4-13(10-11(14)2)15-18-16(21-19-15)12-6-8-17-9-7-12/h4-5,10,12,17H,3,6-9H2,1-2H3. The zero-order valence-corrected chi connectivity index (χ0v) is 12.6. The topological polar surface area (TPSA) is 60.2 Å². The zero-order valence-electron chi connectivity index (χ0n) is 12.6. The average molecular weight is 287 g/mol. The molecule has 0 spiro atoms. The van der Waals surface area contributed by atoms with E-state index in [0.717, 1.165) is 48.7 Å². The maximum absolute atomic E-state index is 5.56. The molecule has 1 aliphatic heterocycles. The second-order valence-electron chi connectivity index (χ2n) is 5.39. The Kier molecular flexibility index (Phi) is 4.20. The van der Waals surface area contributed by atoms with E-state index >= 15 is 0 Å². The van der Waals surface area contributed by atoms with Gasteiger partial charge in [-0.15, -0.1) is 0 Å². The Morgan fingerprint density at radius 1 is 1.33 bits per heavy atom. The highest BCUT2D eigenvalue weighted by molar-refractivity contribution is 5.58. The smallest absolute Gasteiger partial charge is 0.230 e. The molecule has 21 heavy (non-hydrogen) atoms. The number of piperidine rings is 1. The van der Waals surface area contributed by atoms with Crippen molar-refractivity contribution in [2.24, 2.45) is 0 Å². The van der Waals surface area contributed by atoms with Crippen LogP contribution in [0.15, 0.2) is 22.7 Å². The minimum atomic E-state index is 0.385. The van der Waals surface area contributed by atoms with Gasteiger partial charge in [-0.1, -0.05) is 5.16 Å². The monoisotopic (exact) mass is 287 g/mol. The lowest BCUT2D eigenvalue weighted by atomic mass is 9.98. The minimum Gasteiger partial charge on any atom is -0.494 e. The third-order valence-electron chi connectivity index (χ3n) is 3.86. The van der Waals surface area contributed by atoms with Crippen molar-refractivity contribution in [2.75, 3.05) is 19.7 Å². The number of rotatable bonds is 4. The first-order chi connectivity index (χ1) is 10.3. The highest BCUT2D eigenvalue weighted by Gasteiger charge is 2.21. The molecule has 1 saturated heterocycles. The first kappa shape index (κ1) is 14.1. The van der Waals surface area contributed by atoms with Crippen LogP contribution in [0.25, 0.3) is 11.4 Å².